The van der Waals surface area contributed by atoms with Gasteiger partial charge in [-0.2, -0.15) is 0 Å². The monoisotopic (exact) mass is 523 g/mol. The highest BCUT2D eigenvalue weighted by Gasteiger charge is 2.61. The second-order valence-corrected chi connectivity index (χ2v) is 16.4. The van der Waals surface area contributed by atoms with E-state index in [-0.39, 0.29) is 35.7 Å². The molecule has 2 aliphatic rings. The molecule has 1 aliphatic carbocycles. The maximum Gasteiger partial charge on any atom is 0.411 e. The Morgan fingerprint density at radius 2 is 1.43 bits per heavy atom. The first kappa shape index (κ1) is 27.4. The molecule has 2 fully saturated rings. The van der Waals surface area contributed by atoms with Crippen molar-refractivity contribution in [2.75, 3.05) is 6.61 Å². The molecule has 6 nitrogen and oxygen atoms in total. The second-order valence-electron chi connectivity index (χ2n) is 12.2. The molecule has 1 saturated carbocycles. The molecule has 1 heterocycles. The lowest BCUT2D eigenvalue weighted by Gasteiger charge is -2.47. The first-order valence-electron chi connectivity index (χ1n) is 13.4. The van der Waals surface area contributed by atoms with Crippen LogP contribution in [-0.2, 0) is 18.7 Å². The number of likely N-dealkylation sites (tertiary alicyclic amines) is 1. The van der Waals surface area contributed by atoms with E-state index in [9.17, 15) is 9.59 Å². The van der Waals surface area contributed by atoms with Crippen molar-refractivity contribution in [3.63, 3.8) is 0 Å². The summed E-state index contributed by atoms with van der Waals surface area (Å²) in [5.74, 6) is -0.533. The molecule has 2 bridgehead atoms. The summed E-state index contributed by atoms with van der Waals surface area (Å²) in [6.45, 7) is 14.3. The van der Waals surface area contributed by atoms with E-state index in [1.165, 1.54) is 10.4 Å². The number of hydrogen-bond donors (Lipinski definition) is 0. The van der Waals surface area contributed by atoms with E-state index in [0.717, 1.165) is 0 Å². The Morgan fingerprint density at radius 1 is 0.892 bits per heavy atom. The summed E-state index contributed by atoms with van der Waals surface area (Å²) in [5.41, 5.74) is -0.650. The zero-order valence-corrected chi connectivity index (χ0v) is 24.2. The van der Waals surface area contributed by atoms with Crippen LogP contribution in [0, 0.1) is 5.92 Å². The molecule has 37 heavy (non-hydrogen) atoms. The third-order valence-electron chi connectivity index (χ3n) is 7.50. The molecule has 4 atom stereocenters. The van der Waals surface area contributed by atoms with Gasteiger partial charge in [-0.25, -0.2) is 9.59 Å². The number of carbonyl (C=O) groups excluding carboxylic acids is 2. The number of fused-ring (bicyclic) bond motifs is 2. The molecular weight excluding hydrogens is 482 g/mol. The molecule has 0 radical (unpaired) electrons. The van der Waals surface area contributed by atoms with Crippen LogP contribution in [0.5, 0.6) is 0 Å². The summed E-state index contributed by atoms with van der Waals surface area (Å²) in [4.78, 5) is 28.1. The first-order valence-corrected chi connectivity index (χ1v) is 15.3. The standard InChI is InChI=1S/C30H41NO5Si/c1-8-34-27(32)26-24-19-21(31(26)28(33)35-29(2,3)4)20-25(24)36-37(30(5,6)7,22-15-11-9-12-16-22)23-17-13-10-14-18-23/h9-18,21,24-26H,8,19-20H2,1-7H3. The Labute approximate surface area is 222 Å². The number of benzene rings is 2. The average molecular weight is 524 g/mol. The van der Waals surface area contributed by atoms with Crippen molar-refractivity contribution in [1.29, 1.82) is 0 Å². The Kier molecular flexibility index (Phi) is 7.59. The molecule has 0 spiro atoms. The van der Waals surface area contributed by atoms with E-state index in [1.807, 2.05) is 32.9 Å². The van der Waals surface area contributed by atoms with Crippen LogP contribution in [0.4, 0.5) is 4.79 Å². The Hall–Kier alpha value is -2.64. The van der Waals surface area contributed by atoms with Crippen molar-refractivity contribution < 1.29 is 23.5 Å². The Balaban J connectivity index is 1.75. The van der Waals surface area contributed by atoms with E-state index < -0.39 is 26.1 Å². The Morgan fingerprint density at radius 3 is 1.89 bits per heavy atom. The van der Waals surface area contributed by atoms with Gasteiger partial charge in [0.25, 0.3) is 8.32 Å². The number of piperidine rings is 1. The largest absolute Gasteiger partial charge is 0.464 e. The fraction of sp³-hybridized carbons (Fsp3) is 0.533. The minimum atomic E-state index is -2.81. The Bertz CT molecular complexity index is 1050. The first-order chi connectivity index (χ1) is 17.4. The quantitative estimate of drug-likeness (QED) is 0.398. The van der Waals surface area contributed by atoms with Gasteiger partial charge in [0.1, 0.15) is 11.6 Å². The van der Waals surface area contributed by atoms with Gasteiger partial charge in [-0.3, -0.25) is 4.90 Å². The zero-order chi connectivity index (χ0) is 27.0. The number of hydrogen-bond acceptors (Lipinski definition) is 5. The van der Waals surface area contributed by atoms with Crippen LogP contribution in [0.1, 0.15) is 61.3 Å². The molecule has 1 amide bonds. The predicted molar refractivity (Wildman–Crippen MR) is 147 cm³/mol. The van der Waals surface area contributed by atoms with E-state index >= 15 is 0 Å². The molecule has 1 saturated heterocycles. The van der Waals surface area contributed by atoms with Crippen LogP contribution < -0.4 is 10.4 Å². The lowest BCUT2D eigenvalue weighted by molar-refractivity contribution is -0.153. The lowest BCUT2D eigenvalue weighted by atomic mass is 9.96. The smallest absolute Gasteiger partial charge is 0.411 e. The van der Waals surface area contributed by atoms with Gasteiger partial charge in [-0.1, -0.05) is 81.4 Å². The van der Waals surface area contributed by atoms with Gasteiger partial charge in [0.15, 0.2) is 0 Å². The van der Waals surface area contributed by atoms with E-state index in [1.54, 1.807) is 11.8 Å². The third-order valence-corrected chi connectivity index (χ3v) is 12.6. The SMILES string of the molecule is CCOC(=O)C1C2CC(CC2O[Si](c2ccccc2)(c2ccccc2)C(C)(C)C)N1C(=O)OC(C)(C)C. The summed E-state index contributed by atoms with van der Waals surface area (Å²) in [6.07, 6.45) is 0.738. The van der Waals surface area contributed by atoms with Crippen molar-refractivity contribution in [3.8, 4) is 0 Å². The van der Waals surface area contributed by atoms with Crippen LogP contribution in [0.15, 0.2) is 60.7 Å². The summed E-state index contributed by atoms with van der Waals surface area (Å²) in [6, 6.07) is 20.2. The third kappa shape index (κ3) is 5.21. The van der Waals surface area contributed by atoms with Crippen LogP contribution >= 0.6 is 0 Å². The highest BCUT2D eigenvalue weighted by atomic mass is 28.4. The van der Waals surface area contributed by atoms with E-state index in [0.29, 0.717) is 12.8 Å². The van der Waals surface area contributed by atoms with Crippen LogP contribution in [0.25, 0.3) is 0 Å². The number of esters is 1. The van der Waals surface area contributed by atoms with Crippen LogP contribution in [0.3, 0.4) is 0 Å². The number of rotatable bonds is 6. The van der Waals surface area contributed by atoms with Crippen molar-refractivity contribution in [2.45, 2.75) is 90.1 Å². The molecule has 2 aromatic rings. The van der Waals surface area contributed by atoms with Crippen molar-refractivity contribution >= 4 is 30.8 Å². The molecule has 0 aromatic heterocycles. The lowest BCUT2D eigenvalue weighted by Crippen LogP contribution is -2.69. The summed E-state index contributed by atoms with van der Waals surface area (Å²) >= 11 is 0. The summed E-state index contributed by atoms with van der Waals surface area (Å²) < 4.78 is 18.6. The summed E-state index contributed by atoms with van der Waals surface area (Å²) in [7, 11) is -2.81. The van der Waals surface area contributed by atoms with Crippen molar-refractivity contribution in [3.05, 3.63) is 60.7 Å². The molecule has 0 N–H and O–H groups in total. The van der Waals surface area contributed by atoms with Crippen LogP contribution in [-0.4, -0.2) is 55.7 Å². The summed E-state index contributed by atoms with van der Waals surface area (Å²) in [5, 5.41) is 2.23. The number of carbonyl (C=O) groups is 2. The molecule has 200 valence electrons. The van der Waals surface area contributed by atoms with Crippen LogP contribution in [0.2, 0.25) is 5.04 Å². The van der Waals surface area contributed by atoms with Gasteiger partial charge in [-0.05, 0) is 55.9 Å². The maximum absolute atomic E-state index is 13.2. The van der Waals surface area contributed by atoms with Gasteiger partial charge in [-0.15, -0.1) is 0 Å². The zero-order valence-electron chi connectivity index (χ0n) is 23.2. The van der Waals surface area contributed by atoms with Gasteiger partial charge < -0.3 is 13.9 Å². The number of amides is 1. The predicted octanol–water partition coefficient (Wildman–Crippen LogP) is 4.89. The number of nitrogens with zero attached hydrogens (tertiary/aromatic N) is 1. The highest BCUT2D eigenvalue weighted by Crippen LogP contribution is 2.48. The average Bonchev–Trinajstić information content (AvgIpc) is 3.40. The van der Waals surface area contributed by atoms with Gasteiger partial charge in [0.05, 0.1) is 12.7 Å². The molecule has 4 rings (SSSR count). The molecule has 7 heteroatoms. The minimum Gasteiger partial charge on any atom is -0.464 e. The number of ether oxygens (including phenoxy) is 2. The minimum absolute atomic E-state index is 0.127. The topological polar surface area (TPSA) is 65.1 Å². The molecule has 4 unspecified atom stereocenters. The van der Waals surface area contributed by atoms with E-state index in [4.69, 9.17) is 13.9 Å². The van der Waals surface area contributed by atoms with Crippen molar-refractivity contribution in [1.82, 2.24) is 4.90 Å². The van der Waals surface area contributed by atoms with Gasteiger partial charge in [0.2, 0.25) is 0 Å². The molecule has 1 aliphatic heterocycles. The van der Waals surface area contributed by atoms with Gasteiger partial charge >= 0.3 is 12.1 Å². The maximum atomic E-state index is 13.2. The normalized spacial score (nSPS) is 23.7. The highest BCUT2D eigenvalue weighted by molar-refractivity contribution is 6.99. The molecular formula is C30H41NO5Si. The fourth-order valence-electron chi connectivity index (χ4n) is 6.14. The second kappa shape index (κ2) is 10.3. The van der Waals surface area contributed by atoms with Crippen molar-refractivity contribution in [2.24, 2.45) is 5.92 Å². The molecule has 2 aromatic carbocycles. The van der Waals surface area contributed by atoms with Gasteiger partial charge in [0, 0.05) is 12.0 Å². The fourth-order valence-corrected chi connectivity index (χ4v) is 10.9. The van der Waals surface area contributed by atoms with E-state index in [2.05, 4.69) is 69.3 Å².